The molecule has 1 unspecified atom stereocenters. The maximum atomic E-state index is 9.07. The Morgan fingerprint density at radius 2 is 1.83 bits per heavy atom. The minimum absolute atomic E-state index is 0.135. The zero-order valence-electron chi connectivity index (χ0n) is 10.6. The summed E-state index contributed by atoms with van der Waals surface area (Å²) in [6.45, 7) is 4.82. The van der Waals surface area contributed by atoms with Gasteiger partial charge in [0.05, 0.1) is 10.0 Å². The quantitative estimate of drug-likeness (QED) is 0.768. The van der Waals surface area contributed by atoms with Gasteiger partial charge in [-0.3, -0.25) is 0 Å². The molecule has 1 rings (SSSR count). The molecule has 0 amide bonds. The van der Waals surface area contributed by atoms with E-state index < -0.39 is 0 Å². The van der Waals surface area contributed by atoms with Crippen molar-refractivity contribution >= 4 is 34.8 Å². The summed E-state index contributed by atoms with van der Waals surface area (Å²) >= 11 is 18.2. The SMILES string of the molecule is CCC(C)(CCO)NCc1c(Cl)ccc(Cl)c1Cl. The molecule has 0 saturated carbocycles. The van der Waals surface area contributed by atoms with Crippen LogP contribution in [-0.2, 0) is 6.54 Å². The molecule has 5 heteroatoms. The molecule has 0 heterocycles. The molecule has 0 spiro atoms. The summed E-state index contributed by atoms with van der Waals surface area (Å²) < 4.78 is 0. The Morgan fingerprint density at radius 3 is 2.39 bits per heavy atom. The molecule has 0 aliphatic heterocycles. The standard InChI is InChI=1S/C13H18Cl3NO/c1-3-13(2,6-7-18)17-8-9-10(14)4-5-11(15)12(9)16/h4-5,17-18H,3,6-8H2,1-2H3. The van der Waals surface area contributed by atoms with E-state index >= 15 is 0 Å². The largest absolute Gasteiger partial charge is 0.396 e. The summed E-state index contributed by atoms with van der Waals surface area (Å²) in [5.41, 5.74) is 0.660. The molecule has 1 aromatic rings. The number of aliphatic hydroxyl groups is 1. The van der Waals surface area contributed by atoms with Gasteiger partial charge < -0.3 is 10.4 Å². The highest BCUT2D eigenvalue weighted by Crippen LogP contribution is 2.31. The van der Waals surface area contributed by atoms with Crippen molar-refractivity contribution in [1.82, 2.24) is 5.32 Å². The highest BCUT2D eigenvalue weighted by atomic mass is 35.5. The molecule has 0 fully saturated rings. The van der Waals surface area contributed by atoms with Crippen molar-refractivity contribution in [3.8, 4) is 0 Å². The number of aliphatic hydroxyl groups excluding tert-OH is 1. The fourth-order valence-electron chi connectivity index (χ4n) is 1.67. The summed E-state index contributed by atoms with van der Waals surface area (Å²) in [5, 5.41) is 14.0. The van der Waals surface area contributed by atoms with Crippen LogP contribution in [0.1, 0.15) is 32.3 Å². The van der Waals surface area contributed by atoms with Crippen LogP contribution in [0, 0.1) is 0 Å². The Balaban J connectivity index is 2.83. The second-order valence-electron chi connectivity index (χ2n) is 4.56. The van der Waals surface area contributed by atoms with Crippen LogP contribution < -0.4 is 5.32 Å². The molecular formula is C13H18Cl3NO. The Morgan fingerprint density at radius 1 is 1.22 bits per heavy atom. The van der Waals surface area contributed by atoms with Gasteiger partial charge in [-0.05, 0) is 31.9 Å². The van der Waals surface area contributed by atoms with E-state index in [0.717, 1.165) is 12.0 Å². The third kappa shape index (κ3) is 4.01. The summed E-state index contributed by atoms with van der Waals surface area (Å²) in [6.07, 6.45) is 1.59. The van der Waals surface area contributed by atoms with E-state index in [0.29, 0.717) is 28.0 Å². The Kier molecular flexibility index (Phi) is 6.22. The first-order chi connectivity index (χ1) is 8.43. The van der Waals surface area contributed by atoms with E-state index in [2.05, 4.69) is 19.2 Å². The third-order valence-electron chi connectivity index (χ3n) is 3.27. The molecule has 0 aliphatic carbocycles. The Hall–Kier alpha value is 0.01000. The maximum absolute atomic E-state index is 9.07. The van der Waals surface area contributed by atoms with Gasteiger partial charge in [0, 0.05) is 29.3 Å². The van der Waals surface area contributed by atoms with Crippen molar-refractivity contribution in [3.63, 3.8) is 0 Å². The van der Waals surface area contributed by atoms with Crippen molar-refractivity contribution in [2.75, 3.05) is 6.61 Å². The van der Waals surface area contributed by atoms with E-state index in [1.54, 1.807) is 12.1 Å². The first-order valence-electron chi connectivity index (χ1n) is 5.92. The summed E-state index contributed by atoms with van der Waals surface area (Å²) in [7, 11) is 0. The molecule has 1 aromatic carbocycles. The van der Waals surface area contributed by atoms with Gasteiger partial charge in [0.2, 0.25) is 0 Å². The molecule has 18 heavy (non-hydrogen) atoms. The van der Waals surface area contributed by atoms with Crippen LogP contribution in [0.2, 0.25) is 15.1 Å². The summed E-state index contributed by atoms with van der Waals surface area (Å²) in [4.78, 5) is 0. The lowest BCUT2D eigenvalue weighted by Crippen LogP contribution is -2.42. The molecular weight excluding hydrogens is 293 g/mol. The molecule has 1 atom stereocenters. The van der Waals surface area contributed by atoms with Gasteiger partial charge in [-0.1, -0.05) is 41.7 Å². The van der Waals surface area contributed by atoms with Gasteiger partial charge in [0.1, 0.15) is 0 Å². The Labute approximate surface area is 123 Å². The zero-order chi connectivity index (χ0) is 13.8. The zero-order valence-corrected chi connectivity index (χ0v) is 12.8. The minimum Gasteiger partial charge on any atom is -0.396 e. The lowest BCUT2D eigenvalue weighted by atomic mass is 9.94. The van der Waals surface area contributed by atoms with Crippen molar-refractivity contribution in [2.24, 2.45) is 0 Å². The lowest BCUT2D eigenvalue weighted by molar-refractivity contribution is 0.214. The highest BCUT2D eigenvalue weighted by Gasteiger charge is 2.21. The van der Waals surface area contributed by atoms with Gasteiger partial charge in [0.25, 0.3) is 0 Å². The van der Waals surface area contributed by atoms with Gasteiger partial charge in [-0.2, -0.15) is 0 Å². The van der Waals surface area contributed by atoms with Crippen LogP contribution in [0.5, 0.6) is 0 Å². The number of benzene rings is 1. The van der Waals surface area contributed by atoms with Crippen molar-refractivity contribution in [2.45, 2.75) is 38.8 Å². The first kappa shape index (κ1) is 16.1. The van der Waals surface area contributed by atoms with Crippen LogP contribution in [0.4, 0.5) is 0 Å². The predicted molar refractivity (Wildman–Crippen MR) is 78.7 cm³/mol. The predicted octanol–water partition coefficient (Wildman–Crippen LogP) is 4.29. The highest BCUT2D eigenvalue weighted by molar-refractivity contribution is 6.44. The smallest absolute Gasteiger partial charge is 0.0652 e. The molecule has 0 aliphatic rings. The number of rotatable bonds is 6. The van der Waals surface area contributed by atoms with Gasteiger partial charge in [-0.25, -0.2) is 0 Å². The number of hydrogen-bond donors (Lipinski definition) is 2. The normalized spacial score (nSPS) is 14.6. The monoisotopic (exact) mass is 309 g/mol. The van der Waals surface area contributed by atoms with Crippen LogP contribution in [-0.4, -0.2) is 17.3 Å². The van der Waals surface area contributed by atoms with Gasteiger partial charge >= 0.3 is 0 Å². The van der Waals surface area contributed by atoms with Crippen LogP contribution in [0.3, 0.4) is 0 Å². The minimum atomic E-state index is -0.135. The van der Waals surface area contributed by atoms with Crippen molar-refractivity contribution < 1.29 is 5.11 Å². The van der Waals surface area contributed by atoms with Gasteiger partial charge in [-0.15, -0.1) is 0 Å². The molecule has 2 nitrogen and oxygen atoms in total. The first-order valence-corrected chi connectivity index (χ1v) is 7.05. The van der Waals surface area contributed by atoms with E-state index in [4.69, 9.17) is 39.9 Å². The maximum Gasteiger partial charge on any atom is 0.0652 e. The average molecular weight is 311 g/mol. The van der Waals surface area contributed by atoms with Gasteiger partial charge in [0.15, 0.2) is 0 Å². The van der Waals surface area contributed by atoms with Crippen LogP contribution in [0.25, 0.3) is 0 Å². The molecule has 0 aromatic heterocycles. The topological polar surface area (TPSA) is 32.3 Å². The molecule has 0 bridgehead atoms. The number of nitrogens with one attached hydrogen (secondary N) is 1. The molecule has 102 valence electrons. The summed E-state index contributed by atoms with van der Waals surface area (Å²) in [6, 6.07) is 3.42. The second-order valence-corrected chi connectivity index (χ2v) is 5.76. The van der Waals surface area contributed by atoms with Crippen molar-refractivity contribution in [3.05, 3.63) is 32.8 Å². The molecule has 2 N–H and O–H groups in total. The molecule has 0 radical (unpaired) electrons. The van der Waals surface area contributed by atoms with Crippen molar-refractivity contribution in [1.29, 1.82) is 0 Å². The third-order valence-corrected chi connectivity index (χ3v) is 4.47. The lowest BCUT2D eigenvalue weighted by Gasteiger charge is -2.29. The second kappa shape index (κ2) is 6.97. The summed E-state index contributed by atoms with van der Waals surface area (Å²) in [5.74, 6) is 0. The average Bonchev–Trinajstić information content (AvgIpc) is 2.34. The van der Waals surface area contributed by atoms with E-state index in [-0.39, 0.29) is 12.1 Å². The van der Waals surface area contributed by atoms with E-state index in [1.807, 2.05) is 0 Å². The number of hydrogen-bond acceptors (Lipinski definition) is 2. The fourth-order valence-corrected chi connectivity index (χ4v) is 2.35. The van der Waals surface area contributed by atoms with E-state index in [9.17, 15) is 0 Å². The fraction of sp³-hybridized carbons (Fsp3) is 0.538. The Bertz CT molecular complexity index is 411. The number of halogens is 3. The van der Waals surface area contributed by atoms with Crippen LogP contribution in [0.15, 0.2) is 12.1 Å². The van der Waals surface area contributed by atoms with E-state index in [1.165, 1.54) is 0 Å². The van der Waals surface area contributed by atoms with Crippen LogP contribution >= 0.6 is 34.8 Å². The molecule has 0 saturated heterocycles.